The first kappa shape index (κ1) is 6.27. The van der Waals surface area contributed by atoms with Crippen LogP contribution in [0.1, 0.15) is 11.3 Å². The van der Waals surface area contributed by atoms with Crippen LogP contribution in [0, 0.1) is 0 Å². The summed E-state index contributed by atoms with van der Waals surface area (Å²) in [5.41, 5.74) is 1.36. The molecular weight excluding hydrogens is 142 g/mol. The number of rotatable bonds is 0. The third-order valence-corrected chi connectivity index (χ3v) is 1.67. The number of hydrogen-bond acceptors (Lipinski definition) is 3. The SMILES string of the molecule is O=c1[nH]cnc2c1C=NCC2. The van der Waals surface area contributed by atoms with Crippen LogP contribution >= 0.6 is 0 Å². The zero-order valence-electron chi connectivity index (χ0n) is 5.87. The summed E-state index contributed by atoms with van der Waals surface area (Å²) in [6.45, 7) is 0.740. The second-order valence-electron chi connectivity index (χ2n) is 2.38. The molecule has 0 spiro atoms. The molecule has 2 heterocycles. The number of nitrogens with zero attached hydrogens (tertiary/aromatic N) is 2. The Bertz CT molecular complexity index is 353. The Morgan fingerprint density at radius 3 is 3.27 bits per heavy atom. The molecule has 2 rings (SSSR count). The van der Waals surface area contributed by atoms with Gasteiger partial charge < -0.3 is 4.98 Å². The minimum absolute atomic E-state index is 0.0987. The van der Waals surface area contributed by atoms with Crippen molar-refractivity contribution in [2.45, 2.75) is 6.42 Å². The summed E-state index contributed by atoms with van der Waals surface area (Å²) in [4.78, 5) is 21.6. The quantitative estimate of drug-likeness (QED) is 0.552. The van der Waals surface area contributed by atoms with Crippen LogP contribution in [0.4, 0.5) is 0 Å². The molecule has 1 aromatic heterocycles. The molecule has 0 bridgehead atoms. The third kappa shape index (κ3) is 0.960. The number of fused-ring (bicyclic) bond motifs is 1. The van der Waals surface area contributed by atoms with E-state index >= 15 is 0 Å². The van der Waals surface area contributed by atoms with Crippen LogP contribution in [0.5, 0.6) is 0 Å². The van der Waals surface area contributed by atoms with Crippen LogP contribution in [-0.4, -0.2) is 22.7 Å². The summed E-state index contributed by atoms with van der Waals surface area (Å²) in [5, 5.41) is 0. The van der Waals surface area contributed by atoms with Gasteiger partial charge in [-0.15, -0.1) is 0 Å². The molecule has 1 aliphatic heterocycles. The maximum absolute atomic E-state index is 11.1. The summed E-state index contributed by atoms with van der Waals surface area (Å²) in [6.07, 6.45) is 3.79. The molecule has 56 valence electrons. The summed E-state index contributed by atoms with van der Waals surface area (Å²) < 4.78 is 0. The fourth-order valence-electron chi connectivity index (χ4n) is 1.11. The van der Waals surface area contributed by atoms with Crippen molar-refractivity contribution in [3.05, 3.63) is 27.9 Å². The van der Waals surface area contributed by atoms with E-state index in [1.54, 1.807) is 6.21 Å². The summed E-state index contributed by atoms with van der Waals surface area (Å²) in [7, 11) is 0. The molecule has 0 saturated heterocycles. The van der Waals surface area contributed by atoms with Crippen molar-refractivity contribution in [3.8, 4) is 0 Å². The molecule has 4 heteroatoms. The van der Waals surface area contributed by atoms with E-state index in [2.05, 4.69) is 15.0 Å². The molecule has 0 aromatic carbocycles. The van der Waals surface area contributed by atoms with Crippen molar-refractivity contribution >= 4 is 6.21 Å². The highest BCUT2D eigenvalue weighted by Crippen LogP contribution is 2.01. The molecular formula is C7H7N3O. The first-order valence-electron chi connectivity index (χ1n) is 3.44. The molecule has 0 amide bonds. The van der Waals surface area contributed by atoms with Crippen molar-refractivity contribution in [2.75, 3.05) is 6.54 Å². The van der Waals surface area contributed by atoms with Gasteiger partial charge >= 0.3 is 0 Å². The van der Waals surface area contributed by atoms with Gasteiger partial charge in [-0.25, -0.2) is 4.98 Å². The Morgan fingerprint density at radius 1 is 1.55 bits per heavy atom. The van der Waals surface area contributed by atoms with E-state index in [1.807, 2.05) is 0 Å². The number of nitrogens with one attached hydrogen (secondary N) is 1. The Morgan fingerprint density at radius 2 is 2.45 bits per heavy atom. The Kier molecular flexibility index (Phi) is 1.31. The van der Waals surface area contributed by atoms with Crippen LogP contribution in [0.15, 0.2) is 16.1 Å². The highest BCUT2D eigenvalue weighted by atomic mass is 16.1. The fourth-order valence-corrected chi connectivity index (χ4v) is 1.11. The zero-order chi connectivity index (χ0) is 7.68. The van der Waals surface area contributed by atoms with Crippen molar-refractivity contribution in [2.24, 2.45) is 4.99 Å². The van der Waals surface area contributed by atoms with E-state index < -0.39 is 0 Å². The lowest BCUT2D eigenvalue weighted by Gasteiger charge is -2.05. The van der Waals surface area contributed by atoms with Gasteiger partial charge in [-0.05, 0) is 0 Å². The number of H-pyrrole nitrogens is 1. The van der Waals surface area contributed by atoms with Gasteiger partial charge in [-0.3, -0.25) is 9.79 Å². The highest BCUT2D eigenvalue weighted by molar-refractivity contribution is 5.81. The summed E-state index contributed by atoms with van der Waals surface area (Å²) >= 11 is 0. The van der Waals surface area contributed by atoms with E-state index in [-0.39, 0.29) is 5.56 Å². The minimum Gasteiger partial charge on any atom is -0.313 e. The topological polar surface area (TPSA) is 58.1 Å². The highest BCUT2D eigenvalue weighted by Gasteiger charge is 2.08. The van der Waals surface area contributed by atoms with E-state index in [9.17, 15) is 4.79 Å². The van der Waals surface area contributed by atoms with Crippen LogP contribution in [0.2, 0.25) is 0 Å². The van der Waals surface area contributed by atoms with Crippen LogP contribution in [0.25, 0.3) is 0 Å². The van der Waals surface area contributed by atoms with Gasteiger partial charge in [0.05, 0.1) is 17.6 Å². The molecule has 0 atom stereocenters. The zero-order valence-corrected chi connectivity index (χ0v) is 5.87. The van der Waals surface area contributed by atoms with Crippen LogP contribution in [0.3, 0.4) is 0 Å². The van der Waals surface area contributed by atoms with Crippen molar-refractivity contribution in [1.29, 1.82) is 0 Å². The van der Waals surface area contributed by atoms with Crippen molar-refractivity contribution in [3.63, 3.8) is 0 Å². The maximum atomic E-state index is 11.1. The van der Waals surface area contributed by atoms with E-state index in [1.165, 1.54) is 6.33 Å². The van der Waals surface area contributed by atoms with E-state index in [0.29, 0.717) is 5.56 Å². The number of aromatic nitrogens is 2. The lowest BCUT2D eigenvalue weighted by atomic mass is 10.1. The predicted molar refractivity (Wildman–Crippen MR) is 41.0 cm³/mol. The van der Waals surface area contributed by atoms with Crippen molar-refractivity contribution in [1.82, 2.24) is 9.97 Å². The smallest absolute Gasteiger partial charge is 0.259 e. The molecule has 1 aliphatic rings. The molecule has 11 heavy (non-hydrogen) atoms. The molecule has 1 aromatic rings. The van der Waals surface area contributed by atoms with Gasteiger partial charge in [0.2, 0.25) is 0 Å². The number of aromatic amines is 1. The predicted octanol–water partition coefficient (Wildman–Crippen LogP) is -0.255. The second-order valence-corrected chi connectivity index (χ2v) is 2.38. The maximum Gasteiger partial charge on any atom is 0.259 e. The third-order valence-electron chi connectivity index (χ3n) is 1.67. The molecule has 1 N–H and O–H groups in total. The molecule has 4 nitrogen and oxygen atoms in total. The normalized spacial score (nSPS) is 14.5. The molecule has 0 fully saturated rings. The summed E-state index contributed by atoms with van der Waals surface area (Å²) in [5.74, 6) is 0. The van der Waals surface area contributed by atoms with E-state index in [0.717, 1.165) is 18.7 Å². The lowest BCUT2D eigenvalue weighted by Crippen LogP contribution is -2.19. The minimum atomic E-state index is -0.0987. The van der Waals surface area contributed by atoms with Gasteiger partial charge in [-0.2, -0.15) is 0 Å². The Hall–Kier alpha value is -1.45. The van der Waals surface area contributed by atoms with Gasteiger partial charge in [0, 0.05) is 19.2 Å². The molecule has 0 radical (unpaired) electrons. The number of hydrogen-bond donors (Lipinski definition) is 1. The van der Waals surface area contributed by atoms with Crippen LogP contribution in [-0.2, 0) is 6.42 Å². The average molecular weight is 149 g/mol. The molecule has 0 aliphatic carbocycles. The first-order chi connectivity index (χ1) is 5.38. The Labute approximate surface area is 63.0 Å². The van der Waals surface area contributed by atoms with Gasteiger partial charge in [-0.1, -0.05) is 0 Å². The Balaban J connectivity index is 2.70. The fraction of sp³-hybridized carbons (Fsp3) is 0.286. The lowest BCUT2D eigenvalue weighted by molar-refractivity contribution is 0.881. The standard InChI is InChI=1S/C7H7N3O/c11-7-5-3-8-2-1-6(5)9-4-10-7/h3-4H,1-2H2,(H,9,10,11). The second kappa shape index (κ2) is 2.30. The average Bonchev–Trinajstić information content (AvgIpc) is 2.06. The monoisotopic (exact) mass is 149 g/mol. The largest absolute Gasteiger partial charge is 0.313 e. The first-order valence-corrected chi connectivity index (χ1v) is 3.44. The van der Waals surface area contributed by atoms with E-state index in [4.69, 9.17) is 0 Å². The van der Waals surface area contributed by atoms with Crippen molar-refractivity contribution < 1.29 is 0 Å². The van der Waals surface area contributed by atoms with Crippen LogP contribution < -0.4 is 5.56 Å². The van der Waals surface area contributed by atoms with Gasteiger partial charge in [0.25, 0.3) is 5.56 Å². The van der Waals surface area contributed by atoms with Gasteiger partial charge in [0.1, 0.15) is 0 Å². The van der Waals surface area contributed by atoms with Gasteiger partial charge in [0.15, 0.2) is 0 Å². The molecule has 0 saturated carbocycles. The number of aliphatic imine (C=N–C) groups is 1. The molecule has 0 unspecified atom stereocenters. The summed E-state index contributed by atoms with van der Waals surface area (Å²) in [6, 6.07) is 0.